The number of anilines is 2. The highest BCUT2D eigenvalue weighted by Gasteiger charge is 2.52. The number of aliphatic hydroxyl groups is 2. The molecule has 0 radical (unpaired) electrons. The predicted octanol–water partition coefficient (Wildman–Crippen LogP) is -1.16. The lowest BCUT2D eigenvalue weighted by Gasteiger charge is -2.27. The number of nitrogens with two attached hydrogens (primary N) is 2. The number of rotatable bonds is 2. The predicted molar refractivity (Wildman–Crippen MR) is 156 cm³/mol. The fraction of sp³-hybridized carbons (Fsp3) is 0.500. The normalized spacial score (nSPS) is 37.7. The van der Waals surface area contributed by atoms with Crippen molar-refractivity contribution in [1.82, 2.24) is 34.1 Å². The summed E-state index contributed by atoms with van der Waals surface area (Å²) in [5, 5.41) is 22.4. The number of aliphatic hydroxyl groups excluding tert-OH is 2. The molecule has 3 saturated heterocycles. The maximum absolute atomic E-state index is 13.5. The number of hydrogen-bond donors (Lipinski definition) is 7. The molecule has 0 aliphatic carbocycles. The summed E-state index contributed by atoms with van der Waals surface area (Å²) < 4.78 is 44.9. The van der Waals surface area contributed by atoms with Crippen LogP contribution in [0.25, 0.3) is 22.3 Å². The number of nitrogen functional groups attached to an aromatic ring is 2. The summed E-state index contributed by atoms with van der Waals surface area (Å²) in [4.78, 5) is 53.2. The third kappa shape index (κ3) is 5.47. The molecule has 0 spiro atoms. The first-order valence-corrected chi connectivity index (χ1v) is 17.8. The van der Waals surface area contributed by atoms with E-state index < -0.39 is 81.7 Å². The summed E-state index contributed by atoms with van der Waals surface area (Å²) >= 11 is 5.22. The van der Waals surface area contributed by atoms with Crippen molar-refractivity contribution in [3.05, 3.63) is 35.3 Å². The fourth-order valence-electron chi connectivity index (χ4n) is 5.66. The van der Waals surface area contributed by atoms with Crippen LogP contribution in [0.5, 0.6) is 0 Å². The van der Waals surface area contributed by atoms with Gasteiger partial charge in [0, 0.05) is 6.20 Å². The lowest BCUT2D eigenvalue weighted by Crippen LogP contribution is -2.35. The van der Waals surface area contributed by atoms with E-state index >= 15 is 0 Å². The molecule has 3 fully saturated rings. The first-order chi connectivity index (χ1) is 21.3. The molecule has 7 rings (SSSR count). The zero-order chi connectivity index (χ0) is 31.8. The molecule has 23 heteroatoms. The highest BCUT2D eigenvalue weighted by Crippen LogP contribution is 2.54. The maximum Gasteiger partial charge on any atom is 0.328 e. The van der Waals surface area contributed by atoms with Gasteiger partial charge in [0.15, 0.2) is 29.3 Å². The molecule has 9 N–H and O–H groups in total. The summed E-state index contributed by atoms with van der Waals surface area (Å²) in [7, 11) is -4.55. The Bertz CT molecular complexity index is 1940. The number of aromatic amines is 1. The van der Waals surface area contributed by atoms with Crippen molar-refractivity contribution in [2.24, 2.45) is 0 Å². The summed E-state index contributed by atoms with van der Waals surface area (Å²) in [5.74, 6) is -0.229. The van der Waals surface area contributed by atoms with Crippen molar-refractivity contribution < 1.29 is 47.6 Å². The fourth-order valence-corrected chi connectivity index (χ4v) is 8.40. The molecule has 0 saturated carbocycles. The molecule has 45 heavy (non-hydrogen) atoms. The molecule has 4 aromatic heterocycles. The summed E-state index contributed by atoms with van der Waals surface area (Å²) in [6.07, 6.45) is -7.58. The molecule has 4 unspecified atom stereocenters. The van der Waals surface area contributed by atoms with Gasteiger partial charge in [0.25, 0.3) is 5.56 Å². The van der Waals surface area contributed by atoms with Crippen molar-refractivity contribution in [3.63, 3.8) is 0 Å². The van der Waals surface area contributed by atoms with E-state index in [4.69, 9.17) is 46.3 Å². The van der Waals surface area contributed by atoms with Gasteiger partial charge in [0.2, 0.25) is 5.95 Å². The van der Waals surface area contributed by atoms with E-state index in [0.717, 1.165) is 0 Å². The Morgan fingerprint density at radius 1 is 0.956 bits per heavy atom. The molecule has 10 atom stereocenters. The molecule has 3 aliphatic rings. The van der Waals surface area contributed by atoms with Crippen LogP contribution < -0.4 is 17.0 Å². The Morgan fingerprint density at radius 3 is 2.44 bits per heavy atom. The molecule has 2 bridgehead atoms. The zero-order valence-corrected chi connectivity index (χ0v) is 25.4. The number of nitrogens with zero attached hydrogens (tertiary/aromatic N) is 6. The number of nitrogens with one attached hydrogen (secondary N) is 1. The van der Waals surface area contributed by atoms with E-state index in [0.29, 0.717) is 16.9 Å². The van der Waals surface area contributed by atoms with Crippen LogP contribution >= 0.6 is 14.3 Å². The highest BCUT2D eigenvalue weighted by atomic mass is 32.5. The first-order valence-electron chi connectivity index (χ1n) is 13.4. The standard InChI is InChI=1S/C22H27N9O11P2S/c23-8-1-3-25-17-11(8)26-6-30(17)20-14(33)15-9(39-20)2-4-43(35,36)41-16-13(32)10(5-38-44(37,45)42-15)40-21(16)31-7-27-12-18(31)28-22(24)29-19(12)34/h1,3,6-7,9-10,13-16,20-21,32-33H,2,4-5H2,(H2,23,25)(H,35,36)(H,37,45)(H3,24,28,29,34)/t9-,10-,13+,14?,15+,16?,20-,21-,44?/m1/s1. The van der Waals surface area contributed by atoms with Gasteiger partial charge in [0.05, 0.1) is 37.2 Å². The number of imidazole rings is 2. The second kappa shape index (κ2) is 11.1. The average molecular weight is 688 g/mol. The summed E-state index contributed by atoms with van der Waals surface area (Å²) in [6.45, 7) is -4.72. The van der Waals surface area contributed by atoms with E-state index in [2.05, 4.69) is 24.9 Å². The lowest BCUT2D eigenvalue weighted by molar-refractivity contribution is -0.0514. The van der Waals surface area contributed by atoms with E-state index in [9.17, 15) is 29.4 Å². The lowest BCUT2D eigenvalue weighted by atomic mass is 10.1. The Morgan fingerprint density at radius 2 is 1.67 bits per heavy atom. The van der Waals surface area contributed by atoms with Crippen LogP contribution in [0.4, 0.5) is 11.6 Å². The second-order valence-corrected chi connectivity index (χ2v) is 15.4. The van der Waals surface area contributed by atoms with Crippen molar-refractivity contribution >= 4 is 60.1 Å². The molecular formula is C22H27N9O11P2S. The van der Waals surface area contributed by atoms with Gasteiger partial charge in [-0.3, -0.25) is 32.5 Å². The van der Waals surface area contributed by atoms with Crippen LogP contribution in [0.2, 0.25) is 0 Å². The van der Waals surface area contributed by atoms with Gasteiger partial charge in [-0.1, -0.05) is 0 Å². The van der Waals surface area contributed by atoms with Crippen molar-refractivity contribution in [2.75, 3.05) is 24.2 Å². The van der Waals surface area contributed by atoms with Crippen molar-refractivity contribution in [3.8, 4) is 0 Å². The number of hydrogen-bond acceptors (Lipinski definition) is 16. The SMILES string of the molecule is Nc1nc2c(ncn2[C@@H]2O[C@@H]3COP(O)(=S)O[C@@H]4C(O)[C@H](n5cnc6c(N)ccnc65)O[C@@H]4CCP(=O)(O)OC2[C@H]3O)c(=O)[nH]1. The van der Waals surface area contributed by atoms with Crippen LogP contribution in [0.1, 0.15) is 18.9 Å². The van der Waals surface area contributed by atoms with Gasteiger partial charge in [0.1, 0.15) is 36.0 Å². The second-order valence-electron chi connectivity index (χ2n) is 10.7. The summed E-state index contributed by atoms with van der Waals surface area (Å²) in [5.41, 5.74) is 11.9. The molecule has 4 aromatic rings. The Labute approximate surface area is 256 Å². The Kier molecular flexibility index (Phi) is 7.59. The van der Waals surface area contributed by atoms with E-state index in [1.54, 1.807) is 6.07 Å². The van der Waals surface area contributed by atoms with Gasteiger partial charge in [-0.2, -0.15) is 4.98 Å². The molecule has 3 aliphatic heterocycles. The van der Waals surface area contributed by atoms with E-state index in [-0.39, 0.29) is 23.5 Å². The third-order valence-corrected chi connectivity index (χ3v) is 10.7. The zero-order valence-electron chi connectivity index (χ0n) is 22.8. The number of ether oxygens (including phenoxy) is 2. The minimum atomic E-state index is -4.55. The molecule has 7 heterocycles. The van der Waals surface area contributed by atoms with Gasteiger partial charge >= 0.3 is 14.3 Å². The molecule has 0 aromatic carbocycles. The van der Waals surface area contributed by atoms with E-state index in [1.807, 2.05) is 0 Å². The van der Waals surface area contributed by atoms with Gasteiger partial charge in [-0.25, -0.2) is 15.0 Å². The van der Waals surface area contributed by atoms with Crippen LogP contribution in [-0.2, 0) is 39.4 Å². The van der Waals surface area contributed by atoms with Crippen LogP contribution in [-0.4, -0.2) is 103 Å². The van der Waals surface area contributed by atoms with Gasteiger partial charge in [-0.15, -0.1) is 0 Å². The van der Waals surface area contributed by atoms with E-state index in [1.165, 1.54) is 28.0 Å². The average Bonchev–Trinajstić information content (AvgIpc) is 3.72. The number of pyridine rings is 1. The number of fused-ring (bicyclic) bond motifs is 5. The van der Waals surface area contributed by atoms with Gasteiger partial charge in [-0.05, 0) is 24.3 Å². The van der Waals surface area contributed by atoms with Crippen LogP contribution in [0.15, 0.2) is 29.7 Å². The minimum Gasteiger partial charge on any atom is -0.397 e. The van der Waals surface area contributed by atoms with Crippen molar-refractivity contribution in [2.45, 2.75) is 55.5 Å². The third-order valence-electron chi connectivity index (χ3n) is 7.75. The minimum absolute atomic E-state index is 0.0430. The smallest absolute Gasteiger partial charge is 0.328 e. The maximum atomic E-state index is 13.5. The van der Waals surface area contributed by atoms with Crippen LogP contribution in [0.3, 0.4) is 0 Å². The summed E-state index contributed by atoms with van der Waals surface area (Å²) in [6, 6.07) is 1.56. The number of H-pyrrole nitrogens is 1. The largest absolute Gasteiger partial charge is 0.397 e. The highest BCUT2D eigenvalue weighted by molar-refractivity contribution is 8.07. The first kappa shape index (κ1) is 30.7. The topological polar surface area (TPSA) is 290 Å². The molecule has 20 nitrogen and oxygen atoms in total. The molecule has 0 amide bonds. The molecular weight excluding hydrogens is 660 g/mol. The van der Waals surface area contributed by atoms with Crippen LogP contribution in [0, 0.1) is 0 Å². The Hall–Kier alpha value is -2.91. The molecule has 242 valence electrons. The van der Waals surface area contributed by atoms with Gasteiger partial charge < -0.3 is 45.5 Å². The number of aromatic nitrogens is 7. The monoisotopic (exact) mass is 687 g/mol. The Balaban J connectivity index is 1.21. The quantitative estimate of drug-likeness (QED) is 0.122. The van der Waals surface area contributed by atoms with Crippen molar-refractivity contribution in [1.29, 1.82) is 0 Å².